The first kappa shape index (κ1) is 10.3. The molecule has 0 aliphatic carbocycles. The van der Waals surface area contributed by atoms with Gasteiger partial charge in [0.2, 0.25) is 0 Å². The molecule has 1 aromatic heterocycles. The highest BCUT2D eigenvalue weighted by Crippen LogP contribution is 2.35. The maximum Gasteiger partial charge on any atom is 0.111 e. The van der Waals surface area contributed by atoms with Crippen LogP contribution in [0.25, 0.3) is 0 Å². The van der Waals surface area contributed by atoms with Gasteiger partial charge < -0.3 is 10.5 Å². The van der Waals surface area contributed by atoms with Crippen molar-refractivity contribution in [2.45, 2.75) is 17.2 Å². The van der Waals surface area contributed by atoms with Crippen molar-refractivity contribution >= 4 is 33.4 Å². The molecule has 0 bridgehead atoms. The van der Waals surface area contributed by atoms with Gasteiger partial charge in [-0.2, -0.15) is 0 Å². The average molecular weight is 275 g/mol. The first-order chi connectivity index (χ1) is 6.68. The van der Waals surface area contributed by atoms with Gasteiger partial charge in [0.1, 0.15) is 5.03 Å². The van der Waals surface area contributed by atoms with Crippen LogP contribution in [0.15, 0.2) is 15.7 Å². The summed E-state index contributed by atoms with van der Waals surface area (Å²) < 4.78 is 6.12. The minimum atomic E-state index is 0.543. The first-order valence-electron chi connectivity index (χ1n) is 4.33. The van der Waals surface area contributed by atoms with E-state index in [0.29, 0.717) is 5.25 Å². The second kappa shape index (κ2) is 4.08. The summed E-state index contributed by atoms with van der Waals surface area (Å²) in [5.74, 6) is 0. The summed E-state index contributed by atoms with van der Waals surface area (Å²) in [6, 6.07) is 0. The number of nitrogens with zero attached hydrogens (tertiary/aromatic N) is 1. The Hall–Kier alpha value is -0.260. The van der Waals surface area contributed by atoms with Crippen LogP contribution in [0.3, 0.4) is 0 Å². The zero-order chi connectivity index (χ0) is 10.1. The predicted octanol–water partition coefficient (Wildman–Crippen LogP) is 2.23. The molecule has 2 rings (SSSR count). The van der Waals surface area contributed by atoms with E-state index in [1.807, 2.05) is 6.92 Å². The number of nitrogens with two attached hydrogens (primary N) is 1. The van der Waals surface area contributed by atoms with Gasteiger partial charge in [-0.3, -0.25) is 0 Å². The minimum absolute atomic E-state index is 0.543. The molecule has 0 amide bonds. The largest absolute Gasteiger partial charge is 0.397 e. The van der Waals surface area contributed by atoms with Crippen LogP contribution in [-0.2, 0) is 4.74 Å². The lowest BCUT2D eigenvalue weighted by molar-refractivity contribution is 0.0454. The molecule has 3 nitrogen and oxygen atoms in total. The van der Waals surface area contributed by atoms with Gasteiger partial charge in [-0.15, -0.1) is 0 Å². The summed E-state index contributed by atoms with van der Waals surface area (Å²) in [6.07, 6.45) is 1.71. The van der Waals surface area contributed by atoms with E-state index in [0.717, 1.165) is 34.0 Å². The van der Waals surface area contributed by atoms with Gasteiger partial charge in [0.15, 0.2) is 0 Å². The molecule has 1 aromatic rings. The van der Waals surface area contributed by atoms with Crippen LogP contribution < -0.4 is 5.73 Å². The van der Waals surface area contributed by atoms with Crippen LogP contribution >= 0.6 is 27.7 Å². The van der Waals surface area contributed by atoms with Crippen molar-refractivity contribution in [3.63, 3.8) is 0 Å². The number of rotatable bonds is 2. The molecule has 2 N–H and O–H groups in total. The van der Waals surface area contributed by atoms with Gasteiger partial charge in [-0.1, -0.05) is 11.8 Å². The number of hydrogen-bond acceptors (Lipinski definition) is 4. The Balaban J connectivity index is 2.20. The normalized spacial score (nSPS) is 16.7. The van der Waals surface area contributed by atoms with Crippen molar-refractivity contribution in [1.29, 1.82) is 0 Å². The fourth-order valence-electron chi connectivity index (χ4n) is 1.09. The summed E-state index contributed by atoms with van der Waals surface area (Å²) in [5.41, 5.74) is 7.53. The molecule has 0 saturated carbocycles. The van der Waals surface area contributed by atoms with E-state index in [1.165, 1.54) is 0 Å². The maximum absolute atomic E-state index is 5.74. The Morgan fingerprint density at radius 1 is 1.64 bits per heavy atom. The summed E-state index contributed by atoms with van der Waals surface area (Å²) in [4.78, 5) is 4.30. The molecule has 0 unspecified atom stereocenters. The van der Waals surface area contributed by atoms with E-state index in [1.54, 1.807) is 18.0 Å². The van der Waals surface area contributed by atoms with Gasteiger partial charge in [0.25, 0.3) is 0 Å². The van der Waals surface area contributed by atoms with Crippen molar-refractivity contribution in [3.8, 4) is 0 Å². The second-order valence-corrected chi connectivity index (χ2v) is 5.32. The van der Waals surface area contributed by atoms with Gasteiger partial charge in [-0.25, -0.2) is 4.98 Å². The highest BCUT2D eigenvalue weighted by Gasteiger charge is 2.21. The van der Waals surface area contributed by atoms with E-state index in [-0.39, 0.29) is 0 Å². The van der Waals surface area contributed by atoms with E-state index in [9.17, 15) is 0 Å². The Morgan fingerprint density at radius 3 is 2.93 bits per heavy atom. The third-order valence-corrected chi connectivity index (χ3v) is 4.53. The van der Waals surface area contributed by atoms with Crippen LogP contribution in [0.4, 0.5) is 5.69 Å². The van der Waals surface area contributed by atoms with Crippen LogP contribution in [0.1, 0.15) is 5.56 Å². The monoisotopic (exact) mass is 274 g/mol. The Bertz CT molecular complexity index is 355. The van der Waals surface area contributed by atoms with E-state index >= 15 is 0 Å². The number of thioether (sulfide) groups is 1. The fraction of sp³-hybridized carbons (Fsp3) is 0.444. The molecule has 1 saturated heterocycles. The van der Waals surface area contributed by atoms with Crippen molar-refractivity contribution in [3.05, 3.63) is 16.2 Å². The first-order valence-corrected chi connectivity index (χ1v) is 6.00. The molecule has 5 heteroatoms. The molecular weight excluding hydrogens is 264 g/mol. The SMILES string of the molecule is Cc1c(N)cnc(SC2COC2)c1Br. The molecule has 0 aromatic carbocycles. The molecule has 76 valence electrons. The number of nitrogen functional groups attached to an aromatic ring is 1. The Kier molecular flexibility index (Phi) is 2.99. The topological polar surface area (TPSA) is 48.1 Å². The minimum Gasteiger partial charge on any atom is -0.397 e. The summed E-state index contributed by atoms with van der Waals surface area (Å²) in [6.45, 7) is 3.63. The summed E-state index contributed by atoms with van der Waals surface area (Å²) in [7, 11) is 0. The maximum atomic E-state index is 5.74. The molecule has 1 aliphatic rings. The molecule has 1 fully saturated rings. The second-order valence-electron chi connectivity index (χ2n) is 3.23. The van der Waals surface area contributed by atoms with Crippen LogP contribution in [0.5, 0.6) is 0 Å². The summed E-state index contributed by atoms with van der Waals surface area (Å²) >= 11 is 5.25. The lowest BCUT2D eigenvalue weighted by Crippen LogP contribution is -2.30. The number of ether oxygens (including phenoxy) is 1. The number of aromatic nitrogens is 1. The fourth-order valence-corrected chi connectivity index (χ4v) is 2.72. The number of hydrogen-bond donors (Lipinski definition) is 1. The van der Waals surface area contributed by atoms with Crippen molar-refractivity contribution in [1.82, 2.24) is 4.98 Å². The molecule has 14 heavy (non-hydrogen) atoms. The molecule has 0 atom stereocenters. The van der Waals surface area contributed by atoms with Crippen LogP contribution in [0.2, 0.25) is 0 Å². The Morgan fingerprint density at radius 2 is 2.36 bits per heavy atom. The predicted molar refractivity (Wildman–Crippen MR) is 61.6 cm³/mol. The number of halogens is 1. The zero-order valence-electron chi connectivity index (χ0n) is 7.79. The zero-order valence-corrected chi connectivity index (χ0v) is 10.2. The standard InChI is InChI=1S/C9H11BrN2OS/c1-5-7(11)2-12-9(8(5)10)14-6-3-13-4-6/h2,6H,3-4,11H2,1H3. The third-order valence-electron chi connectivity index (χ3n) is 2.16. The van der Waals surface area contributed by atoms with Gasteiger partial charge in [-0.05, 0) is 28.4 Å². The number of anilines is 1. The molecule has 2 heterocycles. The molecule has 0 spiro atoms. The Labute approximate surface area is 95.5 Å². The van der Waals surface area contributed by atoms with Crippen LogP contribution in [-0.4, -0.2) is 23.4 Å². The smallest absolute Gasteiger partial charge is 0.111 e. The van der Waals surface area contributed by atoms with Crippen LogP contribution in [0, 0.1) is 6.92 Å². The lowest BCUT2D eigenvalue weighted by atomic mass is 10.3. The van der Waals surface area contributed by atoms with Crippen molar-refractivity contribution < 1.29 is 4.74 Å². The number of pyridine rings is 1. The summed E-state index contributed by atoms with van der Waals surface area (Å²) in [5, 5.41) is 1.55. The highest BCUT2D eigenvalue weighted by molar-refractivity contribution is 9.10. The van der Waals surface area contributed by atoms with Gasteiger partial charge in [0.05, 0.1) is 34.8 Å². The molecule has 0 radical (unpaired) electrons. The van der Waals surface area contributed by atoms with E-state index in [4.69, 9.17) is 10.5 Å². The highest BCUT2D eigenvalue weighted by atomic mass is 79.9. The average Bonchev–Trinajstić information content (AvgIpc) is 2.10. The van der Waals surface area contributed by atoms with E-state index < -0.39 is 0 Å². The third kappa shape index (κ3) is 1.89. The molecular formula is C9H11BrN2OS. The van der Waals surface area contributed by atoms with Crippen molar-refractivity contribution in [2.24, 2.45) is 0 Å². The van der Waals surface area contributed by atoms with Crippen molar-refractivity contribution in [2.75, 3.05) is 18.9 Å². The van der Waals surface area contributed by atoms with Gasteiger partial charge in [0, 0.05) is 0 Å². The lowest BCUT2D eigenvalue weighted by Gasteiger charge is -2.25. The van der Waals surface area contributed by atoms with Gasteiger partial charge >= 0.3 is 0 Å². The quantitative estimate of drug-likeness (QED) is 0.899. The van der Waals surface area contributed by atoms with E-state index in [2.05, 4.69) is 20.9 Å². The molecule has 1 aliphatic heterocycles.